The van der Waals surface area contributed by atoms with Gasteiger partial charge in [0.15, 0.2) is 0 Å². The lowest BCUT2D eigenvalue weighted by atomic mass is 10.2. The molecule has 11 heteroatoms. The van der Waals surface area contributed by atoms with Gasteiger partial charge in [0, 0.05) is 15.5 Å². The van der Waals surface area contributed by atoms with Crippen LogP contribution in [0.1, 0.15) is 11.1 Å². The average Bonchev–Trinajstić information content (AvgIpc) is 3.21. The van der Waals surface area contributed by atoms with Gasteiger partial charge in [0.05, 0.1) is 20.8 Å². The fourth-order valence-electron chi connectivity index (χ4n) is 3.85. The van der Waals surface area contributed by atoms with Gasteiger partial charge < -0.3 is 5.73 Å². The van der Waals surface area contributed by atoms with Gasteiger partial charge >= 0.3 is 0 Å². The molecule has 1 heterocycles. The predicted molar refractivity (Wildman–Crippen MR) is 150 cm³/mol. The molecule has 5 aromatic rings. The molecule has 0 fully saturated rings. The fourth-order valence-corrected chi connectivity index (χ4v) is 7.15. The molecule has 0 aliphatic heterocycles. The Bertz CT molecular complexity index is 1850. The van der Waals surface area contributed by atoms with Crippen LogP contribution in [0.3, 0.4) is 0 Å². The molecule has 194 valence electrons. The molecule has 0 atom stereocenters. The number of hydrogen-bond donors (Lipinski definition) is 2. The Labute approximate surface area is 225 Å². The number of fused-ring (bicyclic) bond motifs is 1. The zero-order chi connectivity index (χ0) is 27.1. The normalized spacial score (nSPS) is 12.1. The standard InChI is InChI=1S/C27H24N4O4S3/c1-18-3-12-23(13-4-18)37(32,33)30-20-7-9-21(10-8-20)36-22-11-16-26-25(17-22)29-27(28)31(26)38(34,35)24-14-5-19(2)6-15-24/h3-17,30H,1-2H3,(H2,28,29). The average molecular weight is 565 g/mol. The van der Waals surface area contributed by atoms with Crippen molar-refractivity contribution in [2.24, 2.45) is 0 Å². The highest BCUT2D eigenvalue weighted by molar-refractivity contribution is 7.99. The highest BCUT2D eigenvalue weighted by atomic mass is 32.2. The largest absolute Gasteiger partial charge is 0.368 e. The van der Waals surface area contributed by atoms with Crippen molar-refractivity contribution >= 4 is 54.5 Å². The van der Waals surface area contributed by atoms with E-state index in [2.05, 4.69) is 9.71 Å². The van der Waals surface area contributed by atoms with Crippen LogP contribution in [-0.2, 0) is 20.0 Å². The summed E-state index contributed by atoms with van der Waals surface area (Å²) in [6.45, 7) is 3.78. The molecule has 0 saturated carbocycles. The van der Waals surface area contributed by atoms with Crippen molar-refractivity contribution in [1.29, 1.82) is 0 Å². The summed E-state index contributed by atoms with van der Waals surface area (Å²) in [6, 6.07) is 25.4. The van der Waals surface area contributed by atoms with E-state index in [1.54, 1.807) is 91.0 Å². The minimum atomic E-state index is -3.92. The molecule has 5 rings (SSSR count). The SMILES string of the molecule is Cc1ccc(S(=O)(=O)Nc2ccc(Sc3ccc4c(c3)nc(N)n4S(=O)(=O)c3ccc(C)cc3)cc2)cc1. The van der Waals surface area contributed by atoms with Gasteiger partial charge in [-0.25, -0.2) is 25.8 Å². The Morgan fingerprint density at radius 3 is 1.89 bits per heavy atom. The number of rotatable bonds is 7. The molecule has 1 aromatic heterocycles. The van der Waals surface area contributed by atoms with Crippen LogP contribution in [-0.4, -0.2) is 25.8 Å². The van der Waals surface area contributed by atoms with E-state index in [-0.39, 0.29) is 15.7 Å². The first-order valence-corrected chi connectivity index (χ1v) is 15.2. The summed E-state index contributed by atoms with van der Waals surface area (Å²) in [4.78, 5) is 6.29. The number of sulfonamides is 1. The smallest absolute Gasteiger partial charge is 0.271 e. The molecule has 0 bridgehead atoms. The maximum atomic E-state index is 13.2. The summed E-state index contributed by atoms with van der Waals surface area (Å²) in [5, 5.41) is 0. The first-order chi connectivity index (χ1) is 18.0. The Kier molecular flexibility index (Phi) is 6.68. The second-order valence-corrected chi connectivity index (χ2v) is 13.4. The number of aromatic nitrogens is 2. The lowest BCUT2D eigenvalue weighted by molar-refractivity contribution is 0.589. The van der Waals surface area contributed by atoms with Crippen LogP contribution < -0.4 is 10.5 Å². The topological polar surface area (TPSA) is 124 Å². The van der Waals surface area contributed by atoms with Crippen molar-refractivity contribution in [1.82, 2.24) is 8.96 Å². The number of benzene rings is 4. The van der Waals surface area contributed by atoms with Crippen molar-refractivity contribution in [2.45, 2.75) is 33.4 Å². The second kappa shape index (κ2) is 9.82. The lowest BCUT2D eigenvalue weighted by Gasteiger charge is -2.10. The van der Waals surface area contributed by atoms with E-state index >= 15 is 0 Å². The van der Waals surface area contributed by atoms with Crippen molar-refractivity contribution in [2.75, 3.05) is 10.5 Å². The van der Waals surface area contributed by atoms with Crippen LogP contribution in [0.4, 0.5) is 11.6 Å². The van der Waals surface area contributed by atoms with Gasteiger partial charge in [-0.3, -0.25) is 4.72 Å². The molecule has 38 heavy (non-hydrogen) atoms. The number of nitrogens with one attached hydrogen (secondary N) is 1. The highest BCUT2D eigenvalue weighted by Gasteiger charge is 2.23. The first-order valence-electron chi connectivity index (χ1n) is 11.5. The second-order valence-electron chi connectivity index (χ2n) is 8.75. The number of hydrogen-bond acceptors (Lipinski definition) is 7. The minimum Gasteiger partial charge on any atom is -0.368 e. The Balaban J connectivity index is 1.36. The van der Waals surface area contributed by atoms with E-state index in [0.29, 0.717) is 16.7 Å². The molecule has 0 amide bonds. The molecular weight excluding hydrogens is 541 g/mol. The molecule has 4 aromatic carbocycles. The van der Waals surface area contributed by atoms with Crippen molar-refractivity contribution in [3.63, 3.8) is 0 Å². The fraction of sp³-hybridized carbons (Fsp3) is 0.0741. The summed E-state index contributed by atoms with van der Waals surface area (Å²) in [5.74, 6) is -0.118. The van der Waals surface area contributed by atoms with E-state index in [1.807, 2.05) is 13.8 Å². The van der Waals surface area contributed by atoms with Crippen LogP contribution in [0.15, 0.2) is 111 Å². The third-order valence-corrected chi connectivity index (χ3v) is 9.97. The van der Waals surface area contributed by atoms with Gasteiger partial charge in [0.25, 0.3) is 20.0 Å². The number of nitrogens with zero attached hydrogens (tertiary/aromatic N) is 2. The number of nitrogen functional groups attached to an aromatic ring is 1. The molecule has 0 radical (unpaired) electrons. The predicted octanol–water partition coefficient (Wildman–Crippen LogP) is 5.42. The van der Waals surface area contributed by atoms with Crippen LogP contribution >= 0.6 is 11.8 Å². The Morgan fingerprint density at radius 2 is 1.29 bits per heavy atom. The van der Waals surface area contributed by atoms with Crippen LogP contribution in [0.25, 0.3) is 11.0 Å². The molecular formula is C27H24N4O4S3. The third-order valence-electron chi connectivity index (χ3n) is 5.84. The summed E-state index contributed by atoms with van der Waals surface area (Å²) < 4.78 is 55.4. The van der Waals surface area contributed by atoms with E-state index in [0.717, 1.165) is 24.9 Å². The maximum Gasteiger partial charge on any atom is 0.271 e. The van der Waals surface area contributed by atoms with Gasteiger partial charge in [-0.05, 0) is 80.6 Å². The molecule has 0 unspecified atom stereocenters. The van der Waals surface area contributed by atoms with Crippen molar-refractivity contribution in [3.05, 3.63) is 102 Å². The van der Waals surface area contributed by atoms with Gasteiger partial charge in [0.2, 0.25) is 5.95 Å². The van der Waals surface area contributed by atoms with Crippen LogP contribution in [0.2, 0.25) is 0 Å². The Morgan fingerprint density at radius 1 is 0.737 bits per heavy atom. The molecule has 0 saturated heterocycles. The number of imidazole rings is 1. The number of nitrogens with two attached hydrogens (primary N) is 1. The molecule has 0 aliphatic rings. The van der Waals surface area contributed by atoms with Crippen molar-refractivity contribution in [3.8, 4) is 0 Å². The van der Waals surface area contributed by atoms with Gasteiger partial charge in [0.1, 0.15) is 0 Å². The van der Waals surface area contributed by atoms with Gasteiger partial charge in [-0.2, -0.15) is 0 Å². The summed E-state index contributed by atoms with van der Waals surface area (Å²) >= 11 is 1.43. The first kappa shape index (κ1) is 25.8. The number of aryl methyl sites for hydroxylation is 2. The third kappa shape index (κ3) is 5.13. The quantitative estimate of drug-likeness (QED) is 0.270. The van der Waals surface area contributed by atoms with Crippen LogP contribution in [0, 0.1) is 13.8 Å². The van der Waals surface area contributed by atoms with Gasteiger partial charge in [-0.1, -0.05) is 47.2 Å². The summed E-state index contributed by atoms with van der Waals surface area (Å²) in [5.41, 5.74) is 9.24. The molecule has 3 N–H and O–H groups in total. The van der Waals surface area contributed by atoms with E-state index in [4.69, 9.17) is 5.73 Å². The summed E-state index contributed by atoms with van der Waals surface area (Å²) in [7, 11) is -7.61. The van der Waals surface area contributed by atoms with Crippen molar-refractivity contribution < 1.29 is 16.8 Å². The molecule has 0 aliphatic carbocycles. The van der Waals surface area contributed by atoms with Crippen LogP contribution in [0.5, 0.6) is 0 Å². The van der Waals surface area contributed by atoms with E-state index in [9.17, 15) is 16.8 Å². The maximum absolute atomic E-state index is 13.2. The Hall–Kier alpha value is -3.80. The minimum absolute atomic E-state index is 0.118. The highest BCUT2D eigenvalue weighted by Crippen LogP contribution is 2.33. The molecule has 8 nitrogen and oxygen atoms in total. The monoisotopic (exact) mass is 564 g/mol. The van der Waals surface area contributed by atoms with E-state index in [1.165, 1.54) is 11.8 Å². The van der Waals surface area contributed by atoms with E-state index < -0.39 is 20.0 Å². The molecule has 0 spiro atoms. The number of anilines is 2. The zero-order valence-corrected chi connectivity index (χ0v) is 22.9. The zero-order valence-electron chi connectivity index (χ0n) is 20.5. The summed E-state index contributed by atoms with van der Waals surface area (Å²) in [6.07, 6.45) is 0. The van der Waals surface area contributed by atoms with Gasteiger partial charge in [-0.15, -0.1) is 0 Å². The lowest BCUT2D eigenvalue weighted by Crippen LogP contribution is -2.15.